The first-order valence-corrected chi connectivity index (χ1v) is 13.6. The second-order valence-electron chi connectivity index (χ2n) is 11.4. The van der Waals surface area contributed by atoms with Gasteiger partial charge >= 0.3 is 5.97 Å². The van der Waals surface area contributed by atoms with Crippen molar-refractivity contribution in [3.8, 4) is 5.75 Å². The summed E-state index contributed by atoms with van der Waals surface area (Å²) in [5.74, 6) is 0.0163. The van der Waals surface area contributed by atoms with Crippen LogP contribution in [0.25, 0.3) is 5.57 Å². The van der Waals surface area contributed by atoms with Gasteiger partial charge in [-0.15, -0.1) is 0 Å². The molecule has 37 heavy (non-hydrogen) atoms. The number of carbonyl (C=O) groups excluding carboxylic acids is 1. The molecule has 3 aliphatic rings. The first kappa shape index (κ1) is 27.6. The molecule has 2 saturated heterocycles. The number of benzene rings is 1. The molecule has 202 valence electrons. The first-order chi connectivity index (χ1) is 17.5. The fourth-order valence-corrected chi connectivity index (χ4v) is 5.64. The van der Waals surface area contributed by atoms with E-state index in [1.165, 1.54) is 5.57 Å². The molecule has 4 rings (SSSR count). The summed E-state index contributed by atoms with van der Waals surface area (Å²) in [4.78, 5) is 12.1. The quantitative estimate of drug-likeness (QED) is 0.348. The number of carbonyl (C=O) groups is 1. The van der Waals surface area contributed by atoms with Gasteiger partial charge in [0.05, 0.1) is 23.9 Å². The molecular formula is C31H42O6. The Morgan fingerprint density at radius 1 is 1.24 bits per heavy atom. The Hall–Kier alpha value is -2.41. The van der Waals surface area contributed by atoms with Crippen molar-refractivity contribution in [3.63, 3.8) is 0 Å². The predicted molar refractivity (Wildman–Crippen MR) is 144 cm³/mol. The molecule has 1 aromatic rings. The number of ether oxygens (including phenoxy) is 3. The fourth-order valence-electron chi connectivity index (χ4n) is 5.64. The summed E-state index contributed by atoms with van der Waals surface area (Å²) in [6.07, 6.45) is 12.8. The van der Waals surface area contributed by atoms with Crippen molar-refractivity contribution in [3.05, 3.63) is 58.7 Å². The summed E-state index contributed by atoms with van der Waals surface area (Å²) in [5, 5.41) is 20.6. The van der Waals surface area contributed by atoms with Crippen LogP contribution in [0.3, 0.4) is 0 Å². The van der Waals surface area contributed by atoms with Gasteiger partial charge in [-0.25, -0.2) is 4.79 Å². The van der Waals surface area contributed by atoms with Gasteiger partial charge in [0.25, 0.3) is 0 Å². The monoisotopic (exact) mass is 510 g/mol. The van der Waals surface area contributed by atoms with Gasteiger partial charge < -0.3 is 24.4 Å². The normalized spacial score (nSPS) is 32.5. The van der Waals surface area contributed by atoms with Crippen LogP contribution in [0.15, 0.2) is 42.0 Å². The lowest BCUT2D eigenvalue weighted by Gasteiger charge is -2.48. The molecule has 0 unspecified atom stereocenters. The third-order valence-corrected chi connectivity index (χ3v) is 8.02. The van der Waals surface area contributed by atoms with Gasteiger partial charge in [0.2, 0.25) is 0 Å². The highest BCUT2D eigenvalue weighted by atomic mass is 16.7. The molecule has 6 nitrogen and oxygen atoms in total. The van der Waals surface area contributed by atoms with Crippen molar-refractivity contribution >= 4 is 11.5 Å². The topological polar surface area (TPSA) is 85.2 Å². The Morgan fingerprint density at radius 2 is 2.03 bits per heavy atom. The zero-order valence-corrected chi connectivity index (χ0v) is 22.8. The van der Waals surface area contributed by atoms with Crippen LogP contribution in [-0.4, -0.2) is 46.9 Å². The average molecular weight is 511 g/mol. The molecule has 0 radical (unpaired) electrons. The van der Waals surface area contributed by atoms with Crippen LogP contribution < -0.4 is 0 Å². The Balaban J connectivity index is 1.33. The van der Waals surface area contributed by atoms with E-state index >= 15 is 0 Å². The Kier molecular flexibility index (Phi) is 8.62. The molecule has 2 fully saturated rings. The van der Waals surface area contributed by atoms with Crippen molar-refractivity contribution in [1.82, 2.24) is 0 Å². The van der Waals surface area contributed by atoms with E-state index in [4.69, 9.17) is 14.2 Å². The van der Waals surface area contributed by atoms with E-state index in [1.54, 1.807) is 19.1 Å². The maximum Gasteiger partial charge on any atom is 0.339 e. The second kappa shape index (κ2) is 11.5. The number of fused-ring (bicyclic) bond motifs is 1. The second-order valence-corrected chi connectivity index (χ2v) is 11.4. The van der Waals surface area contributed by atoms with Gasteiger partial charge in [-0.2, -0.15) is 0 Å². The number of hydrogen-bond acceptors (Lipinski definition) is 6. The van der Waals surface area contributed by atoms with Gasteiger partial charge in [0, 0.05) is 19.3 Å². The third kappa shape index (κ3) is 6.73. The predicted octanol–water partition coefficient (Wildman–Crippen LogP) is 6.24. The summed E-state index contributed by atoms with van der Waals surface area (Å²) in [6.45, 7) is 10.6. The number of cyclic esters (lactones) is 1. The Morgan fingerprint density at radius 3 is 2.78 bits per heavy atom. The zero-order valence-electron chi connectivity index (χ0n) is 22.8. The largest absolute Gasteiger partial charge is 0.508 e. The lowest BCUT2D eigenvalue weighted by molar-refractivity contribution is -0.331. The van der Waals surface area contributed by atoms with Crippen LogP contribution in [0.4, 0.5) is 0 Å². The molecule has 1 spiro atoms. The van der Waals surface area contributed by atoms with E-state index in [1.807, 2.05) is 12.2 Å². The molecule has 3 aliphatic heterocycles. The summed E-state index contributed by atoms with van der Waals surface area (Å²) in [6, 6.07) is 3.33. The number of phenols is 1. The van der Waals surface area contributed by atoms with Crippen molar-refractivity contribution in [1.29, 1.82) is 0 Å². The number of esters is 1. The average Bonchev–Trinajstić information content (AvgIpc) is 2.83. The van der Waals surface area contributed by atoms with Crippen LogP contribution >= 0.6 is 0 Å². The van der Waals surface area contributed by atoms with Gasteiger partial charge in [0.15, 0.2) is 5.79 Å². The Labute approximate surface area is 221 Å². The van der Waals surface area contributed by atoms with Crippen LogP contribution in [0.1, 0.15) is 87.7 Å². The van der Waals surface area contributed by atoms with E-state index in [0.29, 0.717) is 35.8 Å². The van der Waals surface area contributed by atoms with E-state index in [2.05, 4.69) is 39.8 Å². The van der Waals surface area contributed by atoms with Crippen LogP contribution in [0.2, 0.25) is 0 Å². The smallest absolute Gasteiger partial charge is 0.339 e. The molecule has 0 aromatic heterocycles. The molecular weight excluding hydrogens is 468 g/mol. The number of aryl methyl sites for hydroxylation is 1. The van der Waals surface area contributed by atoms with E-state index in [0.717, 1.165) is 36.8 Å². The molecule has 0 amide bonds. The minimum absolute atomic E-state index is 0.0379. The minimum atomic E-state index is -0.638. The number of aliphatic hydroxyl groups is 1. The summed E-state index contributed by atoms with van der Waals surface area (Å²) < 4.78 is 18.0. The van der Waals surface area contributed by atoms with E-state index < -0.39 is 11.9 Å². The standard InChI is InChI=1S/C31H42O6/c1-19(7-6-8-24-18-35-30(34)28-14-22(4)29(33)16-27(24)28)13-20(2)9-10-26-15-25(32)17-31(37-26)12-11-21(3)23(5)36-31/h6-9,14,16,19,21,23,25-26,32-33H,10-13,15,17-18H2,1-5H3/b7-6+,20-9+,24-8-/t19-,21-,23+,25-,26+,31-/m0/s1. The van der Waals surface area contributed by atoms with E-state index in [-0.39, 0.29) is 30.5 Å². The van der Waals surface area contributed by atoms with Crippen molar-refractivity contribution < 1.29 is 29.2 Å². The lowest BCUT2D eigenvalue weighted by atomic mass is 9.86. The molecule has 6 heteroatoms. The van der Waals surface area contributed by atoms with Crippen molar-refractivity contribution in [2.45, 2.75) is 97.2 Å². The molecule has 0 aliphatic carbocycles. The zero-order chi connectivity index (χ0) is 26.7. The number of allylic oxidation sites excluding steroid dienone is 4. The number of aliphatic hydroxyl groups excluding tert-OH is 1. The molecule has 0 saturated carbocycles. The number of aromatic hydroxyl groups is 1. The number of phenolic OH excluding ortho intramolecular Hbond substituents is 1. The highest BCUT2D eigenvalue weighted by Gasteiger charge is 2.46. The number of hydrogen-bond donors (Lipinski definition) is 2. The lowest BCUT2D eigenvalue weighted by Crippen LogP contribution is -2.52. The molecule has 3 heterocycles. The number of rotatable bonds is 6. The third-order valence-electron chi connectivity index (χ3n) is 8.02. The highest BCUT2D eigenvalue weighted by Crippen LogP contribution is 2.41. The SMILES string of the molecule is C/C(=C\C[C@@H]1C[C@H](O)C[C@]2(CC[C@H](C)[C@@H](C)O2)O1)C[C@@H](C)/C=C/C=C1/COC(=O)c2cc(C)c(O)cc21. The maximum atomic E-state index is 12.1. The van der Waals surface area contributed by atoms with Gasteiger partial charge in [-0.1, -0.05) is 43.7 Å². The summed E-state index contributed by atoms with van der Waals surface area (Å²) >= 11 is 0. The first-order valence-electron chi connectivity index (χ1n) is 13.6. The highest BCUT2D eigenvalue weighted by molar-refractivity contribution is 5.99. The minimum Gasteiger partial charge on any atom is -0.508 e. The van der Waals surface area contributed by atoms with Gasteiger partial charge in [-0.3, -0.25) is 0 Å². The van der Waals surface area contributed by atoms with Crippen molar-refractivity contribution in [2.24, 2.45) is 11.8 Å². The Bertz CT molecular complexity index is 1090. The van der Waals surface area contributed by atoms with E-state index in [9.17, 15) is 15.0 Å². The summed E-state index contributed by atoms with van der Waals surface area (Å²) in [5.41, 5.74) is 4.03. The molecule has 6 atom stereocenters. The fraction of sp³-hybridized carbons (Fsp3) is 0.581. The molecule has 0 bridgehead atoms. The van der Waals surface area contributed by atoms with Crippen LogP contribution in [0, 0.1) is 18.8 Å². The van der Waals surface area contributed by atoms with Gasteiger partial charge in [-0.05, 0) is 80.7 Å². The summed E-state index contributed by atoms with van der Waals surface area (Å²) in [7, 11) is 0. The van der Waals surface area contributed by atoms with Crippen LogP contribution in [-0.2, 0) is 14.2 Å². The molecule has 1 aromatic carbocycles. The maximum absolute atomic E-state index is 12.1. The van der Waals surface area contributed by atoms with Gasteiger partial charge in [0.1, 0.15) is 12.4 Å². The van der Waals surface area contributed by atoms with Crippen molar-refractivity contribution in [2.75, 3.05) is 6.61 Å². The molecule has 2 N–H and O–H groups in total. The van der Waals surface area contributed by atoms with Crippen LogP contribution in [0.5, 0.6) is 5.75 Å².